The molecule has 148 valence electrons. The van der Waals surface area contributed by atoms with Crippen molar-refractivity contribution in [2.75, 3.05) is 6.61 Å². The third-order valence-electron chi connectivity index (χ3n) is 5.12. The molecule has 2 fully saturated rings. The highest BCUT2D eigenvalue weighted by molar-refractivity contribution is 7.71. The maximum atomic E-state index is 12.3. The Bertz CT molecular complexity index is 1080. The molecule has 5 rings (SSSR count). The molecule has 0 aliphatic carbocycles. The molecule has 7 nitrogen and oxygen atoms in total. The van der Waals surface area contributed by atoms with Gasteiger partial charge in [-0.25, -0.2) is 4.68 Å². The largest absolute Gasteiger partial charge is 0.486 e. The summed E-state index contributed by atoms with van der Waals surface area (Å²) in [7, 11) is 0. The standard InChI is InChI=1S/C21H19N3O4S/c25-17-11-16(18-12-27-20(17)28-18)24-21(29)23(14-7-3-1-4-8-14)19(22-24)13-26-15-9-5-2-6-10-15/h1-10,16,18,20H,11-13H2/t16-,18-,20+/m0/s1. The third kappa shape index (κ3) is 3.39. The van der Waals surface area contributed by atoms with Crippen molar-refractivity contribution in [2.45, 2.75) is 31.5 Å². The zero-order valence-electron chi connectivity index (χ0n) is 15.5. The number of aromatic nitrogens is 3. The number of Topliss-reactive ketones (excluding diaryl/α,β-unsaturated/α-hetero) is 1. The molecule has 0 unspecified atom stereocenters. The number of hydrogen-bond donors (Lipinski definition) is 0. The zero-order valence-corrected chi connectivity index (χ0v) is 16.3. The Balaban J connectivity index is 1.53. The predicted molar refractivity (Wildman–Crippen MR) is 106 cm³/mol. The number of fused-ring (bicyclic) bond motifs is 2. The lowest BCUT2D eigenvalue weighted by Crippen LogP contribution is -2.37. The molecule has 0 amide bonds. The number of ether oxygens (including phenoxy) is 3. The number of rotatable bonds is 5. The van der Waals surface area contributed by atoms with Gasteiger partial charge in [0.2, 0.25) is 11.1 Å². The van der Waals surface area contributed by atoms with Crippen LogP contribution < -0.4 is 4.74 Å². The highest BCUT2D eigenvalue weighted by Crippen LogP contribution is 2.33. The number of carbonyl (C=O) groups is 1. The van der Waals surface area contributed by atoms with Crippen LogP contribution in [0.1, 0.15) is 18.3 Å². The minimum Gasteiger partial charge on any atom is -0.486 e. The summed E-state index contributed by atoms with van der Waals surface area (Å²) in [6.45, 7) is 0.595. The Morgan fingerprint density at radius 2 is 1.83 bits per heavy atom. The Kier molecular flexibility index (Phi) is 4.75. The van der Waals surface area contributed by atoms with Crippen LogP contribution in [0.25, 0.3) is 5.69 Å². The van der Waals surface area contributed by atoms with Crippen LogP contribution >= 0.6 is 12.2 Å². The summed E-state index contributed by atoms with van der Waals surface area (Å²) in [6, 6.07) is 19.0. The summed E-state index contributed by atoms with van der Waals surface area (Å²) in [5.74, 6) is 1.32. The molecule has 0 spiro atoms. The van der Waals surface area contributed by atoms with Crippen molar-refractivity contribution in [3.8, 4) is 11.4 Å². The Hall–Kier alpha value is -2.81. The van der Waals surface area contributed by atoms with Crippen molar-refractivity contribution in [3.05, 3.63) is 71.3 Å². The van der Waals surface area contributed by atoms with Gasteiger partial charge in [0.15, 0.2) is 11.6 Å². The van der Waals surface area contributed by atoms with Crippen molar-refractivity contribution in [2.24, 2.45) is 0 Å². The van der Waals surface area contributed by atoms with Crippen LogP contribution in [0.3, 0.4) is 0 Å². The molecule has 2 saturated heterocycles. The van der Waals surface area contributed by atoms with E-state index in [2.05, 4.69) is 0 Å². The quantitative estimate of drug-likeness (QED) is 0.603. The number of carbonyl (C=O) groups excluding carboxylic acids is 1. The van der Waals surface area contributed by atoms with E-state index in [0.29, 0.717) is 17.2 Å². The fourth-order valence-corrected chi connectivity index (χ4v) is 4.09. The Labute approximate surface area is 172 Å². The van der Waals surface area contributed by atoms with E-state index >= 15 is 0 Å². The van der Waals surface area contributed by atoms with E-state index in [4.69, 9.17) is 31.5 Å². The molecule has 2 aromatic carbocycles. The van der Waals surface area contributed by atoms with Gasteiger partial charge in [0.05, 0.1) is 12.6 Å². The number of nitrogens with zero attached hydrogens (tertiary/aromatic N) is 3. The molecular weight excluding hydrogens is 390 g/mol. The van der Waals surface area contributed by atoms with Gasteiger partial charge in [0.1, 0.15) is 18.5 Å². The van der Waals surface area contributed by atoms with E-state index in [9.17, 15) is 4.79 Å². The van der Waals surface area contributed by atoms with Gasteiger partial charge in [-0.05, 0) is 36.5 Å². The summed E-state index contributed by atoms with van der Waals surface area (Å²) in [5, 5.41) is 4.74. The Morgan fingerprint density at radius 1 is 1.10 bits per heavy atom. The average Bonchev–Trinajstić information content (AvgIpc) is 3.33. The van der Waals surface area contributed by atoms with E-state index in [1.165, 1.54) is 0 Å². The molecule has 0 saturated carbocycles. The minimum atomic E-state index is -0.748. The maximum Gasteiger partial charge on any atom is 0.218 e. The lowest BCUT2D eigenvalue weighted by Gasteiger charge is -2.26. The fourth-order valence-electron chi connectivity index (χ4n) is 3.70. The van der Waals surface area contributed by atoms with E-state index < -0.39 is 6.29 Å². The lowest BCUT2D eigenvalue weighted by atomic mass is 10.0. The molecule has 2 aliphatic heterocycles. The number of hydrogen-bond acceptors (Lipinski definition) is 6. The van der Waals surface area contributed by atoms with Crippen LogP contribution in [0.2, 0.25) is 0 Å². The van der Waals surface area contributed by atoms with Crippen LogP contribution in [0.5, 0.6) is 5.75 Å². The molecule has 29 heavy (non-hydrogen) atoms. The molecule has 0 N–H and O–H groups in total. The molecule has 0 radical (unpaired) electrons. The van der Waals surface area contributed by atoms with Gasteiger partial charge in [-0.2, -0.15) is 5.10 Å². The van der Waals surface area contributed by atoms with Gasteiger partial charge in [0, 0.05) is 12.1 Å². The highest BCUT2D eigenvalue weighted by atomic mass is 32.1. The second kappa shape index (κ2) is 7.55. The zero-order chi connectivity index (χ0) is 19.8. The molecule has 3 atom stereocenters. The van der Waals surface area contributed by atoms with Crippen LogP contribution in [0.15, 0.2) is 60.7 Å². The number of para-hydroxylation sites is 2. The van der Waals surface area contributed by atoms with Gasteiger partial charge in [-0.15, -0.1) is 0 Å². The van der Waals surface area contributed by atoms with Crippen molar-refractivity contribution < 1.29 is 19.0 Å². The van der Waals surface area contributed by atoms with E-state index in [-0.39, 0.29) is 31.0 Å². The molecular formula is C21H19N3O4S. The monoisotopic (exact) mass is 409 g/mol. The van der Waals surface area contributed by atoms with Crippen molar-refractivity contribution in [1.82, 2.24) is 14.3 Å². The minimum absolute atomic E-state index is 0.0815. The van der Waals surface area contributed by atoms with Crippen LogP contribution in [0, 0.1) is 4.77 Å². The molecule has 1 aromatic heterocycles. The second-order valence-corrected chi connectivity index (χ2v) is 7.36. The van der Waals surface area contributed by atoms with E-state index in [1.54, 1.807) is 4.68 Å². The average molecular weight is 409 g/mol. The van der Waals surface area contributed by atoms with Gasteiger partial charge < -0.3 is 14.2 Å². The number of benzene rings is 2. The van der Waals surface area contributed by atoms with Crippen LogP contribution in [-0.4, -0.2) is 39.1 Å². The summed E-state index contributed by atoms with van der Waals surface area (Å²) in [4.78, 5) is 12.3. The Morgan fingerprint density at radius 3 is 2.59 bits per heavy atom. The molecule has 2 bridgehead atoms. The fraction of sp³-hybridized carbons (Fsp3) is 0.286. The first-order valence-corrected chi connectivity index (χ1v) is 9.85. The van der Waals surface area contributed by atoms with Gasteiger partial charge in [-0.1, -0.05) is 36.4 Å². The third-order valence-corrected chi connectivity index (χ3v) is 5.49. The van der Waals surface area contributed by atoms with Crippen LogP contribution in [-0.2, 0) is 20.9 Å². The lowest BCUT2D eigenvalue weighted by molar-refractivity contribution is -0.156. The maximum absolute atomic E-state index is 12.3. The topological polar surface area (TPSA) is 67.5 Å². The summed E-state index contributed by atoms with van der Waals surface area (Å²) < 4.78 is 21.1. The first-order chi connectivity index (χ1) is 14.2. The summed E-state index contributed by atoms with van der Waals surface area (Å²) >= 11 is 5.76. The first-order valence-electron chi connectivity index (χ1n) is 9.44. The highest BCUT2D eigenvalue weighted by Gasteiger charge is 2.45. The van der Waals surface area contributed by atoms with Crippen molar-refractivity contribution in [1.29, 1.82) is 0 Å². The SMILES string of the molecule is O=C1C[C@H](n2nc(COc3ccccc3)n(-c3ccccc3)c2=S)[C@@H]2CO[C@@H]1O2. The smallest absolute Gasteiger partial charge is 0.218 e. The first kappa shape index (κ1) is 18.2. The second-order valence-electron chi connectivity index (χ2n) is 6.99. The van der Waals surface area contributed by atoms with Crippen molar-refractivity contribution in [3.63, 3.8) is 0 Å². The summed E-state index contributed by atoms with van der Waals surface area (Å²) in [6.07, 6.45) is -0.706. The molecule has 2 aliphatic rings. The van der Waals surface area contributed by atoms with Gasteiger partial charge in [0.25, 0.3) is 0 Å². The molecule has 8 heteroatoms. The summed E-state index contributed by atoms with van der Waals surface area (Å²) in [5.41, 5.74) is 0.888. The van der Waals surface area contributed by atoms with Gasteiger partial charge >= 0.3 is 0 Å². The van der Waals surface area contributed by atoms with Gasteiger partial charge in [-0.3, -0.25) is 9.36 Å². The van der Waals surface area contributed by atoms with E-state index in [0.717, 1.165) is 11.4 Å². The molecule has 3 heterocycles. The van der Waals surface area contributed by atoms with Crippen LogP contribution in [0.4, 0.5) is 0 Å². The van der Waals surface area contributed by atoms with E-state index in [1.807, 2.05) is 65.2 Å². The normalized spacial score (nSPS) is 23.3. The molecule has 3 aromatic rings. The number of ketones is 1. The van der Waals surface area contributed by atoms with Crippen molar-refractivity contribution >= 4 is 18.0 Å². The predicted octanol–water partition coefficient (Wildman–Crippen LogP) is 3.24.